The molecular weight excluding hydrogens is 234 g/mol. The molecule has 1 heterocycles. The SMILES string of the molecule is COc1ccccc1C1CC(C)Nc2ccccc21. The number of nitrogens with one attached hydrogen (secondary N) is 1. The monoisotopic (exact) mass is 253 g/mol. The fourth-order valence-corrected chi connectivity index (χ4v) is 2.99. The van der Waals surface area contributed by atoms with E-state index in [9.17, 15) is 0 Å². The Labute approximate surface area is 114 Å². The third-order valence-electron chi connectivity index (χ3n) is 3.84. The molecule has 1 N–H and O–H groups in total. The lowest BCUT2D eigenvalue weighted by atomic mass is 9.82. The average molecular weight is 253 g/mol. The molecule has 0 spiro atoms. The van der Waals surface area contributed by atoms with E-state index in [1.54, 1.807) is 7.11 Å². The van der Waals surface area contributed by atoms with Gasteiger partial charge in [0.2, 0.25) is 0 Å². The minimum Gasteiger partial charge on any atom is -0.496 e. The maximum absolute atomic E-state index is 5.53. The maximum atomic E-state index is 5.53. The lowest BCUT2D eigenvalue weighted by molar-refractivity contribution is 0.405. The Hall–Kier alpha value is -1.96. The number of para-hydroxylation sites is 2. The van der Waals surface area contributed by atoms with Gasteiger partial charge in [-0.2, -0.15) is 0 Å². The Bertz CT molecular complexity index is 579. The number of hydrogen-bond donors (Lipinski definition) is 1. The fourth-order valence-electron chi connectivity index (χ4n) is 2.99. The average Bonchev–Trinajstić information content (AvgIpc) is 2.46. The summed E-state index contributed by atoms with van der Waals surface area (Å²) in [5.74, 6) is 1.39. The number of fused-ring (bicyclic) bond motifs is 1. The van der Waals surface area contributed by atoms with Crippen LogP contribution in [0.4, 0.5) is 5.69 Å². The Kier molecular flexibility index (Phi) is 3.16. The van der Waals surface area contributed by atoms with Crippen LogP contribution >= 0.6 is 0 Å². The van der Waals surface area contributed by atoms with Crippen molar-refractivity contribution in [1.29, 1.82) is 0 Å². The second kappa shape index (κ2) is 4.96. The molecule has 2 heteroatoms. The highest BCUT2D eigenvalue weighted by Gasteiger charge is 2.26. The van der Waals surface area contributed by atoms with Gasteiger partial charge >= 0.3 is 0 Å². The number of ether oxygens (including phenoxy) is 1. The molecule has 98 valence electrons. The Morgan fingerprint density at radius 2 is 1.68 bits per heavy atom. The van der Waals surface area contributed by atoms with Gasteiger partial charge in [-0.25, -0.2) is 0 Å². The van der Waals surface area contributed by atoms with E-state index in [1.165, 1.54) is 16.8 Å². The fraction of sp³-hybridized carbons (Fsp3) is 0.294. The molecule has 0 bridgehead atoms. The molecule has 0 amide bonds. The van der Waals surface area contributed by atoms with E-state index in [4.69, 9.17) is 4.74 Å². The van der Waals surface area contributed by atoms with E-state index in [1.807, 2.05) is 12.1 Å². The zero-order valence-electron chi connectivity index (χ0n) is 11.4. The van der Waals surface area contributed by atoms with Gasteiger partial charge in [-0.15, -0.1) is 0 Å². The number of anilines is 1. The van der Waals surface area contributed by atoms with E-state index in [0.29, 0.717) is 12.0 Å². The van der Waals surface area contributed by atoms with Crippen molar-refractivity contribution in [3.8, 4) is 5.75 Å². The molecule has 3 rings (SSSR count). The molecule has 2 unspecified atom stereocenters. The summed E-state index contributed by atoms with van der Waals surface area (Å²) in [7, 11) is 1.75. The van der Waals surface area contributed by atoms with Gasteiger partial charge in [0.1, 0.15) is 5.75 Å². The summed E-state index contributed by atoms with van der Waals surface area (Å²) < 4.78 is 5.53. The van der Waals surface area contributed by atoms with Crippen LogP contribution in [0.1, 0.15) is 30.4 Å². The van der Waals surface area contributed by atoms with Crippen molar-refractivity contribution in [1.82, 2.24) is 0 Å². The van der Waals surface area contributed by atoms with Crippen molar-refractivity contribution in [3.05, 3.63) is 59.7 Å². The van der Waals surface area contributed by atoms with Crippen LogP contribution in [0.25, 0.3) is 0 Å². The van der Waals surface area contributed by atoms with E-state index < -0.39 is 0 Å². The first-order valence-corrected chi connectivity index (χ1v) is 6.78. The molecule has 1 aliphatic rings. The largest absolute Gasteiger partial charge is 0.496 e. The van der Waals surface area contributed by atoms with Gasteiger partial charge in [-0.1, -0.05) is 36.4 Å². The minimum atomic E-state index is 0.406. The first kappa shape index (κ1) is 12.1. The highest BCUT2D eigenvalue weighted by atomic mass is 16.5. The van der Waals surface area contributed by atoms with Gasteiger partial charge in [0.15, 0.2) is 0 Å². The van der Waals surface area contributed by atoms with Crippen molar-refractivity contribution < 1.29 is 4.74 Å². The van der Waals surface area contributed by atoms with Crippen LogP contribution < -0.4 is 10.1 Å². The van der Waals surface area contributed by atoms with Crippen LogP contribution in [0.5, 0.6) is 5.75 Å². The maximum Gasteiger partial charge on any atom is 0.122 e. The van der Waals surface area contributed by atoms with Gasteiger partial charge < -0.3 is 10.1 Å². The van der Waals surface area contributed by atoms with E-state index in [-0.39, 0.29) is 0 Å². The smallest absolute Gasteiger partial charge is 0.122 e. The summed E-state index contributed by atoms with van der Waals surface area (Å²) in [6, 6.07) is 17.4. The summed E-state index contributed by atoms with van der Waals surface area (Å²) in [6.07, 6.45) is 1.09. The van der Waals surface area contributed by atoms with E-state index in [2.05, 4.69) is 48.6 Å². The molecular formula is C17H19NO. The van der Waals surface area contributed by atoms with Crippen LogP contribution in [0.3, 0.4) is 0 Å². The Morgan fingerprint density at radius 1 is 1.00 bits per heavy atom. The molecule has 0 radical (unpaired) electrons. The van der Waals surface area contributed by atoms with Crippen LogP contribution in [0.2, 0.25) is 0 Å². The van der Waals surface area contributed by atoms with Crippen LogP contribution in [0, 0.1) is 0 Å². The van der Waals surface area contributed by atoms with Crippen molar-refractivity contribution >= 4 is 5.69 Å². The molecule has 1 aliphatic heterocycles. The van der Waals surface area contributed by atoms with Gasteiger partial charge in [0.25, 0.3) is 0 Å². The summed E-state index contributed by atoms with van der Waals surface area (Å²) in [5, 5.41) is 3.56. The number of benzene rings is 2. The van der Waals surface area contributed by atoms with Crippen molar-refractivity contribution in [3.63, 3.8) is 0 Å². The zero-order chi connectivity index (χ0) is 13.2. The molecule has 0 fully saturated rings. The predicted octanol–water partition coefficient (Wildman–Crippen LogP) is 4.03. The molecule has 0 saturated heterocycles. The lowest BCUT2D eigenvalue weighted by Gasteiger charge is -2.32. The second-order valence-corrected chi connectivity index (χ2v) is 5.16. The lowest BCUT2D eigenvalue weighted by Crippen LogP contribution is -2.26. The first-order chi connectivity index (χ1) is 9.29. The van der Waals surface area contributed by atoms with Crippen molar-refractivity contribution in [2.24, 2.45) is 0 Å². The third kappa shape index (κ3) is 2.19. The summed E-state index contributed by atoms with van der Waals surface area (Å²) in [5.41, 5.74) is 3.90. The summed E-state index contributed by atoms with van der Waals surface area (Å²) >= 11 is 0. The minimum absolute atomic E-state index is 0.406. The third-order valence-corrected chi connectivity index (χ3v) is 3.84. The summed E-state index contributed by atoms with van der Waals surface area (Å²) in [4.78, 5) is 0. The van der Waals surface area contributed by atoms with Crippen LogP contribution in [0.15, 0.2) is 48.5 Å². The van der Waals surface area contributed by atoms with Crippen molar-refractivity contribution in [2.75, 3.05) is 12.4 Å². The molecule has 0 aromatic heterocycles. The topological polar surface area (TPSA) is 21.3 Å². The van der Waals surface area contributed by atoms with Gasteiger partial charge in [0.05, 0.1) is 7.11 Å². The number of methoxy groups -OCH3 is 1. The molecule has 2 atom stereocenters. The molecule has 0 saturated carbocycles. The number of rotatable bonds is 2. The van der Waals surface area contributed by atoms with Gasteiger partial charge in [-0.05, 0) is 31.0 Å². The highest BCUT2D eigenvalue weighted by molar-refractivity contribution is 5.59. The Balaban J connectivity index is 2.10. The number of hydrogen-bond acceptors (Lipinski definition) is 2. The predicted molar refractivity (Wildman–Crippen MR) is 79.0 cm³/mol. The van der Waals surface area contributed by atoms with E-state index >= 15 is 0 Å². The van der Waals surface area contributed by atoms with Crippen LogP contribution in [-0.2, 0) is 0 Å². The summed E-state index contributed by atoms with van der Waals surface area (Å²) in [6.45, 7) is 2.23. The first-order valence-electron chi connectivity index (χ1n) is 6.78. The molecule has 2 aromatic carbocycles. The van der Waals surface area contributed by atoms with Gasteiger partial charge in [-0.3, -0.25) is 0 Å². The molecule has 19 heavy (non-hydrogen) atoms. The van der Waals surface area contributed by atoms with Crippen molar-refractivity contribution in [2.45, 2.75) is 25.3 Å². The quantitative estimate of drug-likeness (QED) is 0.872. The second-order valence-electron chi connectivity index (χ2n) is 5.16. The Morgan fingerprint density at radius 3 is 2.47 bits per heavy atom. The zero-order valence-corrected chi connectivity index (χ0v) is 11.4. The van der Waals surface area contributed by atoms with Crippen LogP contribution in [-0.4, -0.2) is 13.2 Å². The van der Waals surface area contributed by atoms with Gasteiger partial charge in [0, 0.05) is 23.2 Å². The highest BCUT2D eigenvalue weighted by Crippen LogP contribution is 2.41. The molecule has 2 nitrogen and oxygen atoms in total. The molecule has 2 aromatic rings. The van der Waals surface area contributed by atoms with E-state index in [0.717, 1.165) is 12.2 Å². The normalized spacial score (nSPS) is 21.4. The molecule has 0 aliphatic carbocycles. The standard InChI is InChI=1S/C17H19NO/c1-12-11-15(13-7-3-5-9-16(13)18-12)14-8-4-6-10-17(14)19-2/h3-10,12,15,18H,11H2,1-2H3.